The van der Waals surface area contributed by atoms with Crippen LogP contribution in [0.4, 0.5) is 0 Å². The van der Waals surface area contributed by atoms with Crippen LogP contribution < -0.4 is 5.73 Å². The van der Waals surface area contributed by atoms with Crippen LogP contribution in [0.2, 0.25) is 0 Å². The quantitative estimate of drug-likeness (QED) is 0.471. The molecule has 0 amide bonds. The smallest absolute Gasteiger partial charge is 0.0856 e. The molecule has 0 aliphatic rings. The first-order chi connectivity index (χ1) is 3.68. The molecule has 57 valence electrons. The summed E-state index contributed by atoms with van der Waals surface area (Å²) in [6, 6.07) is 0. The molecule has 0 atom stereocenters. The summed E-state index contributed by atoms with van der Waals surface area (Å²) in [6.07, 6.45) is 0. The Morgan fingerprint density at radius 2 is 1.22 bits per heavy atom. The SMILES string of the molecule is NC(CO)(CO)CO.[Re]. The van der Waals surface area contributed by atoms with Crippen molar-refractivity contribution in [3.63, 3.8) is 0 Å². The van der Waals surface area contributed by atoms with E-state index in [4.69, 9.17) is 21.1 Å². The predicted octanol–water partition coefficient (Wildman–Crippen LogP) is -2.34. The molecule has 1 radical (unpaired) electrons. The molecule has 0 aliphatic carbocycles. The Morgan fingerprint density at radius 1 is 1.00 bits per heavy atom. The minimum absolute atomic E-state index is 0. The first-order valence-electron chi connectivity index (χ1n) is 2.30. The second kappa shape index (κ2) is 5.30. The van der Waals surface area contributed by atoms with Gasteiger partial charge in [0.2, 0.25) is 0 Å². The minimum atomic E-state index is -1.21. The van der Waals surface area contributed by atoms with Crippen LogP contribution in [0.25, 0.3) is 0 Å². The van der Waals surface area contributed by atoms with Crippen molar-refractivity contribution in [1.82, 2.24) is 0 Å². The number of hydrogen-bond donors (Lipinski definition) is 4. The van der Waals surface area contributed by atoms with E-state index in [1.165, 1.54) is 0 Å². The van der Waals surface area contributed by atoms with Crippen molar-refractivity contribution < 1.29 is 35.7 Å². The Kier molecular flexibility index (Phi) is 7.19. The van der Waals surface area contributed by atoms with E-state index in [-0.39, 0.29) is 20.4 Å². The monoisotopic (exact) mass is 308 g/mol. The molecule has 0 aromatic rings. The van der Waals surface area contributed by atoms with Crippen molar-refractivity contribution >= 4 is 0 Å². The zero-order valence-corrected chi connectivity index (χ0v) is 7.63. The Labute approximate surface area is 67.3 Å². The van der Waals surface area contributed by atoms with E-state index in [0.717, 1.165) is 0 Å². The van der Waals surface area contributed by atoms with Crippen LogP contribution in [0.3, 0.4) is 0 Å². The zero-order valence-electron chi connectivity index (χ0n) is 4.92. The molecule has 5 N–H and O–H groups in total. The summed E-state index contributed by atoms with van der Waals surface area (Å²) >= 11 is 0. The number of hydrogen-bond acceptors (Lipinski definition) is 4. The largest absolute Gasteiger partial charge is 0.394 e. The zero-order chi connectivity index (χ0) is 6.62. The van der Waals surface area contributed by atoms with Crippen LogP contribution in [0.1, 0.15) is 0 Å². The fourth-order valence-electron chi connectivity index (χ4n) is 0.150. The van der Waals surface area contributed by atoms with Gasteiger partial charge in [0.15, 0.2) is 0 Å². The molecule has 0 aliphatic heterocycles. The second-order valence-electron chi connectivity index (χ2n) is 1.84. The molecule has 0 saturated heterocycles. The summed E-state index contributed by atoms with van der Waals surface area (Å²) in [4.78, 5) is 0. The van der Waals surface area contributed by atoms with Gasteiger partial charge in [-0.25, -0.2) is 0 Å². The van der Waals surface area contributed by atoms with Crippen molar-refractivity contribution in [3.05, 3.63) is 0 Å². The van der Waals surface area contributed by atoms with Crippen LogP contribution in [-0.4, -0.2) is 40.7 Å². The molecule has 0 aromatic heterocycles. The summed E-state index contributed by atoms with van der Waals surface area (Å²) in [6.45, 7) is -1.21. The van der Waals surface area contributed by atoms with Gasteiger partial charge >= 0.3 is 0 Å². The van der Waals surface area contributed by atoms with Crippen LogP contribution in [0.5, 0.6) is 0 Å². The van der Waals surface area contributed by atoms with Crippen molar-refractivity contribution in [3.8, 4) is 0 Å². The summed E-state index contributed by atoms with van der Waals surface area (Å²) in [7, 11) is 0. The first-order valence-corrected chi connectivity index (χ1v) is 2.30. The van der Waals surface area contributed by atoms with E-state index < -0.39 is 25.4 Å². The summed E-state index contributed by atoms with van der Waals surface area (Å²) < 4.78 is 0. The third kappa shape index (κ3) is 3.98. The van der Waals surface area contributed by atoms with Crippen LogP contribution in [0, 0.1) is 0 Å². The number of rotatable bonds is 3. The Bertz CT molecular complexity index is 58.6. The average molecular weight is 307 g/mol. The fourth-order valence-corrected chi connectivity index (χ4v) is 0.150. The van der Waals surface area contributed by atoms with E-state index >= 15 is 0 Å². The van der Waals surface area contributed by atoms with Gasteiger partial charge in [-0.15, -0.1) is 0 Å². The fraction of sp³-hybridized carbons (Fsp3) is 1.00. The molecule has 9 heavy (non-hydrogen) atoms. The number of nitrogens with two attached hydrogens (primary N) is 1. The molecule has 0 aromatic carbocycles. The van der Waals surface area contributed by atoms with Gasteiger partial charge in [-0.05, 0) is 0 Å². The summed E-state index contributed by atoms with van der Waals surface area (Å²) in [5.74, 6) is 0. The Morgan fingerprint density at radius 3 is 1.22 bits per heavy atom. The molecular formula is C4H11NO3Re. The van der Waals surface area contributed by atoms with E-state index in [2.05, 4.69) is 0 Å². The second-order valence-corrected chi connectivity index (χ2v) is 1.84. The van der Waals surface area contributed by atoms with Crippen molar-refractivity contribution in [2.75, 3.05) is 19.8 Å². The van der Waals surface area contributed by atoms with E-state index in [9.17, 15) is 0 Å². The molecule has 0 heterocycles. The van der Waals surface area contributed by atoms with Gasteiger partial charge in [-0.1, -0.05) is 0 Å². The van der Waals surface area contributed by atoms with Gasteiger partial charge < -0.3 is 21.1 Å². The number of aliphatic hydroxyl groups excluding tert-OH is 3. The topological polar surface area (TPSA) is 86.7 Å². The minimum Gasteiger partial charge on any atom is -0.394 e. The third-order valence-corrected chi connectivity index (χ3v) is 0.945. The standard InChI is InChI=1S/C4H11NO3.Re/c5-4(1-6,2-7)3-8;/h6-8H,1-3,5H2;. The van der Waals surface area contributed by atoms with Gasteiger partial charge in [0.25, 0.3) is 0 Å². The molecule has 5 heteroatoms. The van der Waals surface area contributed by atoms with Gasteiger partial charge in [-0.3, -0.25) is 0 Å². The molecule has 4 nitrogen and oxygen atoms in total. The maximum atomic E-state index is 8.34. The molecular weight excluding hydrogens is 296 g/mol. The van der Waals surface area contributed by atoms with Gasteiger partial charge in [-0.2, -0.15) is 0 Å². The average Bonchev–Trinajstić information content (AvgIpc) is 1.87. The Balaban J connectivity index is 0. The molecule has 0 saturated carbocycles. The molecule has 0 spiro atoms. The van der Waals surface area contributed by atoms with Crippen molar-refractivity contribution in [2.45, 2.75) is 5.54 Å². The van der Waals surface area contributed by atoms with Gasteiger partial charge in [0.05, 0.1) is 25.4 Å². The first kappa shape index (κ1) is 12.2. The van der Waals surface area contributed by atoms with E-state index in [1.807, 2.05) is 0 Å². The predicted molar refractivity (Wildman–Crippen MR) is 28.2 cm³/mol. The number of aliphatic hydroxyl groups is 3. The molecule has 0 unspecified atom stereocenters. The summed E-state index contributed by atoms with van der Waals surface area (Å²) in [5.41, 5.74) is 3.94. The van der Waals surface area contributed by atoms with Crippen molar-refractivity contribution in [2.24, 2.45) is 5.73 Å². The molecule has 0 bridgehead atoms. The maximum Gasteiger partial charge on any atom is 0.0856 e. The third-order valence-electron chi connectivity index (χ3n) is 0.945. The summed E-state index contributed by atoms with van der Waals surface area (Å²) in [5, 5.41) is 25.0. The molecule has 0 rings (SSSR count). The van der Waals surface area contributed by atoms with Crippen LogP contribution in [-0.2, 0) is 20.4 Å². The van der Waals surface area contributed by atoms with Gasteiger partial charge in [0, 0.05) is 20.4 Å². The van der Waals surface area contributed by atoms with E-state index in [1.54, 1.807) is 0 Å². The van der Waals surface area contributed by atoms with Crippen molar-refractivity contribution in [1.29, 1.82) is 0 Å². The normalized spacial score (nSPS) is 10.7. The van der Waals surface area contributed by atoms with Crippen LogP contribution >= 0.6 is 0 Å². The van der Waals surface area contributed by atoms with E-state index in [0.29, 0.717) is 0 Å². The molecule has 0 fully saturated rings. The van der Waals surface area contributed by atoms with Gasteiger partial charge in [0.1, 0.15) is 0 Å². The van der Waals surface area contributed by atoms with Crippen LogP contribution in [0.15, 0.2) is 0 Å². The maximum absolute atomic E-state index is 8.34. The Hall–Kier alpha value is 0.502.